The summed E-state index contributed by atoms with van der Waals surface area (Å²) in [6, 6.07) is 8.61. The summed E-state index contributed by atoms with van der Waals surface area (Å²) < 4.78 is 63.6. The Morgan fingerprint density at radius 1 is 1.09 bits per heavy atom. The number of nitrogens with zero attached hydrogens (tertiary/aromatic N) is 2. The second-order valence-corrected chi connectivity index (χ2v) is 12.0. The zero-order valence-electron chi connectivity index (χ0n) is 27.1. The molecule has 0 saturated heterocycles. The highest BCUT2D eigenvalue weighted by molar-refractivity contribution is 5.99. The quantitative estimate of drug-likeness (QED) is 0.294. The Labute approximate surface area is 272 Å². The van der Waals surface area contributed by atoms with E-state index in [1.54, 1.807) is 14.0 Å². The van der Waals surface area contributed by atoms with Gasteiger partial charge in [-0.1, -0.05) is 6.92 Å². The van der Waals surface area contributed by atoms with E-state index in [0.29, 0.717) is 25.1 Å². The number of nitrogens with one attached hydrogen (secondary N) is 2. The van der Waals surface area contributed by atoms with Crippen molar-refractivity contribution in [3.63, 3.8) is 0 Å². The van der Waals surface area contributed by atoms with Gasteiger partial charge in [-0.15, -0.1) is 0 Å². The number of halogens is 4. The Kier molecular flexibility index (Phi) is 13.8. The fraction of sp³-hybridized carbons (Fsp3) is 0.545. The lowest BCUT2D eigenvalue weighted by atomic mass is 10.0. The third-order valence-electron chi connectivity index (χ3n) is 7.87. The van der Waals surface area contributed by atoms with Crippen molar-refractivity contribution in [2.24, 2.45) is 5.92 Å². The third kappa shape index (κ3) is 12.0. The highest BCUT2D eigenvalue weighted by Gasteiger charge is 2.31. The van der Waals surface area contributed by atoms with E-state index in [4.69, 9.17) is 9.47 Å². The van der Waals surface area contributed by atoms with Crippen LogP contribution in [0.25, 0.3) is 0 Å². The number of aliphatic hydroxyl groups excluding tert-OH is 1. The van der Waals surface area contributed by atoms with Gasteiger partial charge in [0.2, 0.25) is 5.91 Å². The molecule has 0 radical (unpaired) electrons. The van der Waals surface area contributed by atoms with Crippen molar-refractivity contribution in [3.05, 3.63) is 53.8 Å². The smallest absolute Gasteiger partial charge is 0.389 e. The summed E-state index contributed by atoms with van der Waals surface area (Å²) in [5.74, 6) is -1.91. The van der Waals surface area contributed by atoms with Crippen LogP contribution >= 0.6 is 0 Å². The van der Waals surface area contributed by atoms with Crippen LogP contribution in [-0.2, 0) is 9.53 Å². The number of amides is 4. The van der Waals surface area contributed by atoms with Gasteiger partial charge < -0.3 is 35.0 Å². The molecule has 0 fully saturated rings. The van der Waals surface area contributed by atoms with Crippen molar-refractivity contribution < 1.29 is 46.5 Å². The van der Waals surface area contributed by atoms with Gasteiger partial charge in [0.1, 0.15) is 11.6 Å². The van der Waals surface area contributed by atoms with Crippen molar-refractivity contribution in [1.29, 1.82) is 0 Å². The third-order valence-corrected chi connectivity index (χ3v) is 7.87. The first-order chi connectivity index (χ1) is 22.2. The van der Waals surface area contributed by atoms with Gasteiger partial charge in [-0.3, -0.25) is 9.59 Å². The van der Waals surface area contributed by atoms with Crippen molar-refractivity contribution in [3.8, 4) is 5.75 Å². The normalized spacial score (nSPS) is 20.3. The number of ether oxygens (including phenoxy) is 2. The molecule has 0 unspecified atom stereocenters. The maximum absolute atomic E-state index is 14.1. The van der Waals surface area contributed by atoms with E-state index in [9.17, 15) is 37.1 Å². The number of benzene rings is 2. The van der Waals surface area contributed by atoms with Crippen LogP contribution in [0.3, 0.4) is 0 Å². The zero-order chi connectivity index (χ0) is 34.7. The second kappa shape index (κ2) is 17.3. The van der Waals surface area contributed by atoms with E-state index in [1.807, 2.05) is 13.8 Å². The minimum Gasteiger partial charge on any atom is -0.490 e. The number of aliphatic hydroxyl groups is 1. The molecule has 14 heteroatoms. The molecule has 1 heterocycles. The summed E-state index contributed by atoms with van der Waals surface area (Å²) in [7, 11) is 1.60. The average molecular weight is 669 g/mol. The van der Waals surface area contributed by atoms with E-state index in [2.05, 4.69) is 10.6 Å². The summed E-state index contributed by atoms with van der Waals surface area (Å²) in [6.45, 7) is 5.67. The van der Waals surface area contributed by atoms with E-state index in [-0.39, 0.29) is 48.7 Å². The highest BCUT2D eigenvalue weighted by atomic mass is 19.4. The number of rotatable bonds is 8. The van der Waals surface area contributed by atoms with Crippen molar-refractivity contribution in [2.75, 3.05) is 44.0 Å². The molecule has 10 nitrogen and oxygen atoms in total. The molecule has 3 N–H and O–H groups in total. The van der Waals surface area contributed by atoms with Crippen molar-refractivity contribution >= 4 is 29.2 Å². The van der Waals surface area contributed by atoms with Gasteiger partial charge >= 0.3 is 12.2 Å². The molecule has 260 valence electrons. The summed E-state index contributed by atoms with van der Waals surface area (Å²) in [4.78, 5) is 42.2. The molecule has 3 rings (SSSR count). The van der Waals surface area contributed by atoms with E-state index < -0.39 is 54.8 Å². The fourth-order valence-corrected chi connectivity index (χ4v) is 5.05. The molecule has 1 aliphatic rings. The lowest BCUT2D eigenvalue weighted by molar-refractivity contribution is -0.142. The van der Waals surface area contributed by atoms with E-state index in [1.165, 1.54) is 52.3 Å². The summed E-state index contributed by atoms with van der Waals surface area (Å²) >= 11 is 0. The van der Waals surface area contributed by atoms with Gasteiger partial charge in [-0.2, -0.15) is 13.2 Å². The van der Waals surface area contributed by atoms with Crippen LogP contribution in [0.4, 0.5) is 33.7 Å². The molecule has 2 aromatic rings. The minimum absolute atomic E-state index is 0.0725. The SMILES string of the molecule is C[C@H](CO)N1C[C@H](C)[C@@H](CN(C)C(=O)Nc2ccc(F)cc2)OCCCC[C@H](C)Oc2ccc(NC(=O)CCC(F)(F)F)cc2C1=O. The maximum Gasteiger partial charge on any atom is 0.389 e. The standard InChI is InChI=1S/C33H44F4N4O6/c1-21-18-41(22(2)20-42)31(44)27-17-26(38-30(43)14-15-33(35,36)37)12-13-28(27)47-23(3)7-5-6-16-46-29(21)19-40(4)32(45)39-25-10-8-24(34)9-11-25/h8-13,17,21-23,29,42H,5-7,14-16,18-20H2,1-4H3,(H,38,43)(H,39,45)/t21-,22+,23-,29+/m0/s1. The molecule has 4 amide bonds. The number of fused-ring (bicyclic) bond motifs is 1. The number of carbonyl (C=O) groups excluding carboxylic acids is 3. The molecule has 1 aliphatic heterocycles. The molecule has 0 saturated carbocycles. The Hall–Kier alpha value is -3.91. The fourth-order valence-electron chi connectivity index (χ4n) is 5.05. The van der Waals surface area contributed by atoms with Crippen molar-refractivity contribution in [1.82, 2.24) is 9.80 Å². The largest absolute Gasteiger partial charge is 0.490 e. The molecule has 4 atom stereocenters. The van der Waals surface area contributed by atoms with Gasteiger partial charge in [0, 0.05) is 50.5 Å². The molecule has 47 heavy (non-hydrogen) atoms. The van der Waals surface area contributed by atoms with Crippen molar-refractivity contribution in [2.45, 2.75) is 77.3 Å². The monoisotopic (exact) mass is 668 g/mol. The summed E-state index contributed by atoms with van der Waals surface area (Å²) in [6.07, 6.45) is -5.30. The zero-order valence-corrected chi connectivity index (χ0v) is 27.1. The molecule has 0 spiro atoms. The van der Waals surface area contributed by atoms with Crippen LogP contribution in [-0.4, -0.2) is 90.5 Å². The van der Waals surface area contributed by atoms with Gasteiger partial charge in [0.25, 0.3) is 5.91 Å². The molecule has 0 aromatic heterocycles. The Morgan fingerprint density at radius 2 is 1.77 bits per heavy atom. The maximum atomic E-state index is 14.1. The molecular weight excluding hydrogens is 624 g/mol. The number of likely N-dealkylation sites (N-methyl/N-ethyl adjacent to an activating group) is 1. The molecule has 0 aliphatic carbocycles. The van der Waals surface area contributed by atoms with Gasteiger partial charge in [-0.25, -0.2) is 9.18 Å². The number of carbonyl (C=O) groups is 3. The van der Waals surface area contributed by atoms with Crippen LogP contribution < -0.4 is 15.4 Å². The number of hydrogen-bond acceptors (Lipinski definition) is 6. The molecule has 0 bridgehead atoms. The number of urea groups is 1. The first-order valence-electron chi connectivity index (χ1n) is 15.6. The predicted octanol–water partition coefficient (Wildman–Crippen LogP) is 6.07. The Balaban J connectivity index is 1.87. The van der Waals surface area contributed by atoms with Crippen LogP contribution in [0.2, 0.25) is 0 Å². The van der Waals surface area contributed by atoms with Gasteiger partial charge in [-0.05, 0) is 75.6 Å². The second-order valence-electron chi connectivity index (χ2n) is 12.0. The van der Waals surface area contributed by atoms with E-state index >= 15 is 0 Å². The van der Waals surface area contributed by atoms with E-state index in [0.717, 1.165) is 6.42 Å². The number of alkyl halides is 3. The average Bonchev–Trinajstić information content (AvgIpc) is 3.02. The number of hydrogen-bond donors (Lipinski definition) is 3. The molecular formula is C33H44F4N4O6. The predicted molar refractivity (Wildman–Crippen MR) is 169 cm³/mol. The molecule has 2 aromatic carbocycles. The van der Waals surface area contributed by atoms with Crippen LogP contribution in [0.5, 0.6) is 5.75 Å². The first kappa shape index (κ1) is 37.5. The lowest BCUT2D eigenvalue weighted by Crippen LogP contribution is -2.48. The van der Waals surface area contributed by atoms with Crippen LogP contribution in [0.1, 0.15) is 63.2 Å². The number of anilines is 2. The summed E-state index contributed by atoms with van der Waals surface area (Å²) in [5.41, 5.74) is 0.618. The van der Waals surface area contributed by atoms with Crippen LogP contribution in [0.15, 0.2) is 42.5 Å². The Morgan fingerprint density at radius 3 is 2.43 bits per heavy atom. The topological polar surface area (TPSA) is 120 Å². The summed E-state index contributed by atoms with van der Waals surface area (Å²) in [5, 5.41) is 15.2. The first-order valence-corrected chi connectivity index (χ1v) is 15.6. The van der Waals surface area contributed by atoms with Crippen LogP contribution in [0, 0.1) is 11.7 Å². The Bertz CT molecular complexity index is 1340. The lowest BCUT2D eigenvalue weighted by Gasteiger charge is -2.35. The highest BCUT2D eigenvalue weighted by Crippen LogP contribution is 2.29. The minimum atomic E-state index is -4.49. The van der Waals surface area contributed by atoms with Gasteiger partial charge in [0.05, 0.1) is 36.8 Å². The van der Waals surface area contributed by atoms with Gasteiger partial charge in [0.15, 0.2) is 0 Å².